The van der Waals surface area contributed by atoms with E-state index in [9.17, 15) is 9.59 Å². The minimum atomic E-state index is -0.578. The lowest BCUT2D eigenvalue weighted by atomic mass is 10.1. The van der Waals surface area contributed by atoms with Crippen LogP contribution in [0.1, 0.15) is 11.1 Å². The van der Waals surface area contributed by atoms with Gasteiger partial charge in [-0.2, -0.15) is 5.26 Å². The second-order valence-electron chi connectivity index (χ2n) is 7.72. The largest absolute Gasteiger partial charge is 0.486 e. The molecule has 0 aromatic heterocycles. The van der Waals surface area contributed by atoms with E-state index in [0.29, 0.717) is 36.0 Å². The Morgan fingerprint density at radius 2 is 1.62 bits per heavy atom. The van der Waals surface area contributed by atoms with E-state index in [-0.39, 0.29) is 12.5 Å². The normalized spacial score (nSPS) is 16.1. The predicted octanol–water partition coefficient (Wildman–Crippen LogP) is 1.80. The Hall–Kier alpha value is -3.61. The summed E-state index contributed by atoms with van der Waals surface area (Å²) < 4.78 is 11.0. The van der Waals surface area contributed by atoms with E-state index in [4.69, 9.17) is 14.7 Å². The number of ether oxygens (including phenoxy) is 2. The molecule has 2 aromatic rings. The van der Waals surface area contributed by atoms with Crippen molar-refractivity contribution in [3.63, 3.8) is 0 Å². The average molecular weight is 435 g/mol. The zero-order valence-electron chi connectivity index (χ0n) is 17.7. The number of imide groups is 1. The smallest absolute Gasteiger partial charge is 0.325 e. The standard InChI is InChI=1S/C23H25N5O4/c24-14-17-1-3-18(4-2-17)15-27-7-9-28(10-8-27)16-22(29)26-23(30)25-19-5-6-20-21(13-19)32-12-11-31-20/h1-6,13H,7-12,15-16H2,(H2,25,26,29,30). The quantitative estimate of drug-likeness (QED) is 0.737. The molecule has 166 valence electrons. The highest BCUT2D eigenvalue weighted by atomic mass is 16.6. The molecule has 9 nitrogen and oxygen atoms in total. The first-order valence-electron chi connectivity index (χ1n) is 10.5. The highest BCUT2D eigenvalue weighted by Crippen LogP contribution is 2.32. The van der Waals surface area contributed by atoms with Crippen molar-refractivity contribution >= 4 is 17.6 Å². The summed E-state index contributed by atoms with van der Waals surface area (Å²) in [4.78, 5) is 28.8. The van der Waals surface area contributed by atoms with E-state index in [2.05, 4.69) is 21.6 Å². The first-order valence-corrected chi connectivity index (χ1v) is 10.5. The molecule has 4 rings (SSSR count). The van der Waals surface area contributed by atoms with E-state index in [1.165, 1.54) is 0 Å². The van der Waals surface area contributed by atoms with Gasteiger partial charge in [-0.05, 0) is 29.8 Å². The van der Waals surface area contributed by atoms with Crippen LogP contribution in [-0.4, -0.2) is 67.7 Å². The van der Waals surface area contributed by atoms with E-state index in [1.807, 2.05) is 29.2 Å². The minimum Gasteiger partial charge on any atom is -0.486 e. The number of nitriles is 1. The Balaban J connectivity index is 1.18. The summed E-state index contributed by atoms with van der Waals surface area (Å²) >= 11 is 0. The predicted molar refractivity (Wildman–Crippen MR) is 117 cm³/mol. The van der Waals surface area contributed by atoms with Crippen LogP contribution >= 0.6 is 0 Å². The van der Waals surface area contributed by atoms with Crippen molar-refractivity contribution in [2.75, 3.05) is 51.3 Å². The van der Waals surface area contributed by atoms with Gasteiger partial charge in [0.25, 0.3) is 0 Å². The lowest BCUT2D eigenvalue weighted by Gasteiger charge is -2.34. The second-order valence-corrected chi connectivity index (χ2v) is 7.72. The van der Waals surface area contributed by atoms with Crippen LogP contribution in [0.5, 0.6) is 11.5 Å². The highest BCUT2D eigenvalue weighted by molar-refractivity contribution is 6.01. The van der Waals surface area contributed by atoms with E-state index >= 15 is 0 Å². The van der Waals surface area contributed by atoms with Gasteiger partial charge in [-0.1, -0.05) is 12.1 Å². The van der Waals surface area contributed by atoms with Crippen LogP contribution in [-0.2, 0) is 11.3 Å². The number of amides is 3. The van der Waals surface area contributed by atoms with Crippen molar-refractivity contribution in [2.45, 2.75) is 6.54 Å². The van der Waals surface area contributed by atoms with Crippen LogP contribution in [0.15, 0.2) is 42.5 Å². The van der Waals surface area contributed by atoms with Gasteiger partial charge in [0, 0.05) is 44.5 Å². The summed E-state index contributed by atoms with van der Waals surface area (Å²) in [5.41, 5.74) is 2.34. The number of nitrogens with zero attached hydrogens (tertiary/aromatic N) is 3. The van der Waals surface area contributed by atoms with Gasteiger partial charge < -0.3 is 14.8 Å². The number of piperazine rings is 1. The van der Waals surface area contributed by atoms with Gasteiger partial charge >= 0.3 is 6.03 Å². The maximum atomic E-state index is 12.3. The first-order chi connectivity index (χ1) is 15.6. The molecule has 0 saturated carbocycles. The Kier molecular flexibility index (Phi) is 6.84. The fraction of sp³-hybridized carbons (Fsp3) is 0.348. The molecule has 32 heavy (non-hydrogen) atoms. The van der Waals surface area contributed by atoms with Crippen LogP contribution in [0.3, 0.4) is 0 Å². The van der Waals surface area contributed by atoms with E-state index in [1.54, 1.807) is 18.2 Å². The Morgan fingerprint density at radius 3 is 2.34 bits per heavy atom. The molecule has 2 aliphatic heterocycles. The number of carbonyl (C=O) groups excluding carboxylic acids is 2. The molecule has 0 unspecified atom stereocenters. The molecule has 0 bridgehead atoms. The molecule has 1 saturated heterocycles. The maximum absolute atomic E-state index is 12.3. The number of benzene rings is 2. The summed E-state index contributed by atoms with van der Waals surface area (Å²) in [5.74, 6) is 0.858. The zero-order valence-corrected chi connectivity index (χ0v) is 17.7. The van der Waals surface area contributed by atoms with Gasteiger partial charge in [0.15, 0.2) is 11.5 Å². The molecule has 1 fully saturated rings. The number of rotatable bonds is 5. The number of carbonyl (C=O) groups is 2. The summed E-state index contributed by atoms with van der Waals surface area (Å²) in [5, 5.41) is 13.9. The summed E-state index contributed by atoms with van der Waals surface area (Å²) in [7, 11) is 0. The summed E-state index contributed by atoms with van der Waals surface area (Å²) in [6.07, 6.45) is 0. The lowest BCUT2D eigenvalue weighted by molar-refractivity contribution is -0.121. The van der Waals surface area contributed by atoms with Crippen LogP contribution in [0, 0.1) is 11.3 Å². The number of hydrogen-bond acceptors (Lipinski definition) is 7. The monoisotopic (exact) mass is 435 g/mol. The topological polar surface area (TPSA) is 107 Å². The van der Waals surface area contributed by atoms with Gasteiger partial charge in [-0.25, -0.2) is 4.79 Å². The van der Waals surface area contributed by atoms with Crippen molar-refractivity contribution in [1.82, 2.24) is 15.1 Å². The Bertz CT molecular complexity index is 1010. The number of anilines is 1. The molecule has 2 N–H and O–H groups in total. The molecular formula is C23H25N5O4. The average Bonchev–Trinajstić information content (AvgIpc) is 2.80. The van der Waals surface area contributed by atoms with E-state index < -0.39 is 6.03 Å². The lowest BCUT2D eigenvalue weighted by Crippen LogP contribution is -2.50. The van der Waals surface area contributed by atoms with Crippen molar-refractivity contribution < 1.29 is 19.1 Å². The molecule has 2 aliphatic rings. The van der Waals surface area contributed by atoms with Crippen LogP contribution < -0.4 is 20.1 Å². The number of urea groups is 1. The Morgan fingerprint density at radius 1 is 0.938 bits per heavy atom. The van der Waals surface area contributed by atoms with Crippen LogP contribution in [0.2, 0.25) is 0 Å². The molecule has 0 atom stereocenters. The molecule has 2 heterocycles. The Labute approximate surface area is 186 Å². The molecule has 9 heteroatoms. The molecule has 0 radical (unpaired) electrons. The second kappa shape index (κ2) is 10.1. The van der Waals surface area contributed by atoms with Gasteiger partial charge in [0.05, 0.1) is 18.2 Å². The van der Waals surface area contributed by atoms with Gasteiger partial charge in [-0.3, -0.25) is 19.9 Å². The zero-order chi connectivity index (χ0) is 22.3. The van der Waals surface area contributed by atoms with Gasteiger partial charge in [0.2, 0.25) is 5.91 Å². The molecule has 3 amide bonds. The first kappa shape index (κ1) is 21.6. The van der Waals surface area contributed by atoms with Crippen LogP contribution in [0.25, 0.3) is 0 Å². The number of nitrogens with one attached hydrogen (secondary N) is 2. The van der Waals surface area contributed by atoms with Crippen LogP contribution in [0.4, 0.5) is 10.5 Å². The summed E-state index contributed by atoms with van der Waals surface area (Å²) in [6, 6.07) is 14.2. The minimum absolute atomic E-state index is 0.166. The third-order valence-corrected chi connectivity index (χ3v) is 5.37. The third kappa shape index (κ3) is 5.75. The molecular weight excluding hydrogens is 410 g/mol. The molecule has 2 aromatic carbocycles. The number of hydrogen-bond donors (Lipinski definition) is 2. The van der Waals surface area contributed by atoms with Crippen molar-refractivity contribution in [3.8, 4) is 17.6 Å². The maximum Gasteiger partial charge on any atom is 0.325 e. The fourth-order valence-corrected chi connectivity index (χ4v) is 3.70. The van der Waals surface area contributed by atoms with Crippen molar-refractivity contribution in [2.24, 2.45) is 0 Å². The number of fused-ring (bicyclic) bond motifs is 1. The SMILES string of the molecule is N#Cc1ccc(CN2CCN(CC(=O)NC(=O)Nc3ccc4c(c3)OCCO4)CC2)cc1. The van der Waals surface area contributed by atoms with Crippen molar-refractivity contribution in [1.29, 1.82) is 5.26 Å². The molecule has 0 aliphatic carbocycles. The van der Waals surface area contributed by atoms with E-state index in [0.717, 1.165) is 38.3 Å². The molecule has 0 spiro atoms. The third-order valence-electron chi connectivity index (χ3n) is 5.37. The van der Waals surface area contributed by atoms with Gasteiger partial charge in [-0.15, -0.1) is 0 Å². The fourth-order valence-electron chi connectivity index (χ4n) is 3.70. The highest BCUT2D eigenvalue weighted by Gasteiger charge is 2.20. The van der Waals surface area contributed by atoms with Crippen molar-refractivity contribution in [3.05, 3.63) is 53.6 Å². The summed E-state index contributed by atoms with van der Waals surface area (Å²) in [6.45, 7) is 5.08. The van der Waals surface area contributed by atoms with Gasteiger partial charge in [0.1, 0.15) is 13.2 Å².